The van der Waals surface area contributed by atoms with Crippen molar-refractivity contribution in [2.75, 3.05) is 0 Å². The Bertz CT molecular complexity index is 609. The number of benzene rings is 1. The van der Waals surface area contributed by atoms with E-state index >= 15 is 0 Å². The second kappa shape index (κ2) is 5.02. The SMILES string of the molecule is CC(C)(C(=O)O)c1cc(-c2cccnc2)ccc1Cl. The molecule has 0 aliphatic rings. The topological polar surface area (TPSA) is 50.2 Å². The predicted octanol–water partition coefficient (Wildman–Crippen LogP) is 3.76. The van der Waals surface area contributed by atoms with E-state index in [1.807, 2.05) is 24.3 Å². The van der Waals surface area contributed by atoms with Gasteiger partial charge < -0.3 is 5.11 Å². The van der Waals surface area contributed by atoms with Crippen molar-refractivity contribution in [2.24, 2.45) is 0 Å². The molecule has 0 bridgehead atoms. The lowest BCUT2D eigenvalue weighted by molar-refractivity contribution is -0.142. The summed E-state index contributed by atoms with van der Waals surface area (Å²) in [5, 5.41) is 9.77. The normalized spacial score (nSPS) is 11.3. The number of halogens is 1. The van der Waals surface area contributed by atoms with Crippen LogP contribution in [0.15, 0.2) is 42.7 Å². The molecule has 0 saturated carbocycles. The van der Waals surface area contributed by atoms with Crippen LogP contribution in [0.25, 0.3) is 11.1 Å². The summed E-state index contributed by atoms with van der Waals surface area (Å²) in [6.45, 7) is 3.28. The molecule has 0 radical (unpaired) electrons. The highest BCUT2D eigenvalue weighted by Gasteiger charge is 2.31. The van der Waals surface area contributed by atoms with Crippen molar-refractivity contribution in [3.8, 4) is 11.1 Å². The van der Waals surface area contributed by atoms with Crippen LogP contribution >= 0.6 is 11.6 Å². The Morgan fingerprint density at radius 1 is 1.26 bits per heavy atom. The van der Waals surface area contributed by atoms with Crippen LogP contribution in [0.4, 0.5) is 0 Å². The van der Waals surface area contributed by atoms with E-state index < -0.39 is 11.4 Å². The maximum Gasteiger partial charge on any atom is 0.313 e. The summed E-state index contributed by atoms with van der Waals surface area (Å²) in [6, 6.07) is 9.16. The minimum Gasteiger partial charge on any atom is -0.481 e. The summed E-state index contributed by atoms with van der Waals surface area (Å²) >= 11 is 6.13. The molecule has 19 heavy (non-hydrogen) atoms. The van der Waals surface area contributed by atoms with E-state index in [-0.39, 0.29) is 0 Å². The molecule has 0 spiro atoms. The van der Waals surface area contributed by atoms with E-state index in [2.05, 4.69) is 4.98 Å². The first kappa shape index (κ1) is 13.6. The van der Waals surface area contributed by atoms with Gasteiger partial charge in [-0.2, -0.15) is 0 Å². The molecule has 1 aromatic heterocycles. The van der Waals surface area contributed by atoms with Crippen LogP contribution in [-0.2, 0) is 10.2 Å². The average molecular weight is 276 g/mol. The summed E-state index contributed by atoms with van der Waals surface area (Å²) in [7, 11) is 0. The summed E-state index contributed by atoms with van der Waals surface area (Å²) in [5.41, 5.74) is 1.40. The van der Waals surface area contributed by atoms with Crippen molar-refractivity contribution >= 4 is 17.6 Å². The molecule has 0 aliphatic heterocycles. The molecule has 1 heterocycles. The van der Waals surface area contributed by atoms with Crippen LogP contribution in [0.5, 0.6) is 0 Å². The number of aromatic nitrogens is 1. The third kappa shape index (κ3) is 2.61. The summed E-state index contributed by atoms with van der Waals surface area (Å²) in [5.74, 6) is -0.905. The standard InChI is InChI=1S/C15H14ClNO2/c1-15(2,14(18)19)12-8-10(5-6-13(12)16)11-4-3-7-17-9-11/h3-9H,1-2H3,(H,18,19). The van der Waals surface area contributed by atoms with Crippen LogP contribution in [-0.4, -0.2) is 16.1 Å². The molecule has 1 aromatic carbocycles. The van der Waals surface area contributed by atoms with Gasteiger partial charge in [0.1, 0.15) is 0 Å². The van der Waals surface area contributed by atoms with Crippen molar-refractivity contribution in [3.05, 3.63) is 53.3 Å². The zero-order valence-electron chi connectivity index (χ0n) is 10.7. The Hall–Kier alpha value is -1.87. The fraction of sp³-hybridized carbons (Fsp3) is 0.200. The number of nitrogens with zero attached hydrogens (tertiary/aromatic N) is 1. The molecule has 3 nitrogen and oxygen atoms in total. The van der Waals surface area contributed by atoms with Gasteiger partial charge in [0.15, 0.2) is 0 Å². The van der Waals surface area contributed by atoms with Crippen LogP contribution in [0.2, 0.25) is 5.02 Å². The first-order valence-electron chi connectivity index (χ1n) is 5.87. The van der Waals surface area contributed by atoms with Gasteiger partial charge >= 0.3 is 5.97 Å². The van der Waals surface area contributed by atoms with Crippen molar-refractivity contribution in [1.29, 1.82) is 0 Å². The molecule has 1 N–H and O–H groups in total. The number of carboxylic acid groups (broad SMARTS) is 1. The second-order valence-corrected chi connectivity index (χ2v) is 5.27. The van der Waals surface area contributed by atoms with Gasteiger partial charge in [-0.05, 0) is 48.7 Å². The molecular formula is C15H14ClNO2. The van der Waals surface area contributed by atoms with Gasteiger partial charge in [0.25, 0.3) is 0 Å². The highest BCUT2D eigenvalue weighted by atomic mass is 35.5. The molecule has 4 heteroatoms. The molecule has 2 aromatic rings. The largest absolute Gasteiger partial charge is 0.481 e. The highest BCUT2D eigenvalue weighted by molar-refractivity contribution is 6.31. The third-order valence-electron chi connectivity index (χ3n) is 3.17. The van der Waals surface area contributed by atoms with Crippen LogP contribution in [0.1, 0.15) is 19.4 Å². The zero-order valence-corrected chi connectivity index (χ0v) is 11.5. The fourth-order valence-electron chi connectivity index (χ4n) is 1.83. The maximum absolute atomic E-state index is 11.4. The molecular weight excluding hydrogens is 262 g/mol. The van der Waals surface area contributed by atoms with Crippen molar-refractivity contribution in [2.45, 2.75) is 19.3 Å². The highest BCUT2D eigenvalue weighted by Crippen LogP contribution is 2.33. The minimum absolute atomic E-state index is 0.458. The summed E-state index contributed by atoms with van der Waals surface area (Å²) < 4.78 is 0. The molecule has 0 unspecified atom stereocenters. The Morgan fingerprint density at radius 2 is 2.00 bits per heavy atom. The van der Waals surface area contributed by atoms with E-state index in [9.17, 15) is 9.90 Å². The lowest BCUT2D eigenvalue weighted by Crippen LogP contribution is -2.28. The van der Waals surface area contributed by atoms with Crippen molar-refractivity contribution in [3.63, 3.8) is 0 Å². The predicted molar refractivity (Wildman–Crippen MR) is 75.3 cm³/mol. The molecule has 0 amide bonds. The maximum atomic E-state index is 11.4. The number of hydrogen-bond donors (Lipinski definition) is 1. The van der Waals surface area contributed by atoms with E-state index in [1.165, 1.54) is 0 Å². The van der Waals surface area contributed by atoms with Gasteiger partial charge in [0.2, 0.25) is 0 Å². The van der Waals surface area contributed by atoms with Gasteiger partial charge in [0.05, 0.1) is 5.41 Å². The van der Waals surface area contributed by atoms with Crippen molar-refractivity contribution < 1.29 is 9.90 Å². The van der Waals surface area contributed by atoms with Crippen LogP contribution in [0.3, 0.4) is 0 Å². The quantitative estimate of drug-likeness (QED) is 0.928. The fourth-order valence-corrected chi connectivity index (χ4v) is 2.19. The number of carboxylic acids is 1. The Labute approximate surface area is 116 Å². The molecule has 0 saturated heterocycles. The monoisotopic (exact) mass is 275 g/mol. The number of carbonyl (C=O) groups is 1. The Kier molecular flexibility index (Phi) is 3.58. The van der Waals surface area contributed by atoms with E-state index in [0.717, 1.165) is 11.1 Å². The van der Waals surface area contributed by atoms with E-state index in [0.29, 0.717) is 10.6 Å². The number of pyridine rings is 1. The Balaban J connectivity index is 2.56. The third-order valence-corrected chi connectivity index (χ3v) is 3.50. The van der Waals surface area contributed by atoms with Gasteiger partial charge in [-0.15, -0.1) is 0 Å². The van der Waals surface area contributed by atoms with Gasteiger partial charge in [-0.25, -0.2) is 0 Å². The van der Waals surface area contributed by atoms with E-state index in [4.69, 9.17) is 11.6 Å². The molecule has 0 atom stereocenters. The van der Waals surface area contributed by atoms with Gasteiger partial charge in [-0.3, -0.25) is 9.78 Å². The van der Waals surface area contributed by atoms with E-state index in [1.54, 1.807) is 32.3 Å². The summed E-state index contributed by atoms with van der Waals surface area (Å²) in [6.07, 6.45) is 3.43. The molecule has 0 fully saturated rings. The minimum atomic E-state index is -1.03. The number of aliphatic carboxylic acids is 1. The van der Waals surface area contributed by atoms with Crippen LogP contribution < -0.4 is 0 Å². The van der Waals surface area contributed by atoms with Gasteiger partial charge in [-0.1, -0.05) is 23.7 Å². The lowest BCUT2D eigenvalue weighted by Gasteiger charge is -2.22. The summed E-state index contributed by atoms with van der Waals surface area (Å²) in [4.78, 5) is 15.4. The number of hydrogen-bond acceptors (Lipinski definition) is 2. The van der Waals surface area contributed by atoms with Crippen LogP contribution in [0, 0.1) is 0 Å². The second-order valence-electron chi connectivity index (χ2n) is 4.87. The first-order chi connectivity index (χ1) is 8.93. The van der Waals surface area contributed by atoms with Gasteiger partial charge in [0, 0.05) is 17.4 Å². The zero-order chi connectivity index (χ0) is 14.0. The molecule has 0 aliphatic carbocycles. The average Bonchev–Trinajstić information content (AvgIpc) is 2.40. The lowest BCUT2D eigenvalue weighted by atomic mass is 9.83. The molecule has 98 valence electrons. The Morgan fingerprint density at radius 3 is 2.58 bits per heavy atom. The smallest absolute Gasteiger partial charge is 0.313 e. The first-order valence-corrected chi connectivity index (χ1v) is 6.24. The number of rotatable bonds is 3. The molecule has 2 rings (SSSR count). The van der Waals surface area contributed by atoms with Crippen molar-refractivity contribution in [1.82, 2.24) is 4.98 Å².